The number of nitriles is 1. The third kappa shape index (κ3) is 3.81. The van der Waals surface area contributed by atoms with Crippen molar-refractivity contribution in [2.45, 2.75) is 17.6 Å². The summed E-state index contributed by atoms with van der Waals surface area (Å²) < 4.78 is 31.5. The number of esters is 1. The van der Waals surface area contributed by atoms with E-state index in [9.17, 15) is 18.8 Å². The molecule has 0 radical (unpaired) electrons. The number of hydrogen-bond donors (Lipinski definition) is 1. The van der Waals surface area contributed by atoms with Crippen LogP contribution in [0.3, 0.4) is 0 Å². The summed E-state index contributed by atoms with van der Waals surface area (Å²) in [5, 5.41) is 9.42. The summed E-state index contributed by atoms with van der Waals surface area (Å²) in [5.41, 5.74) is 6.35. The molecule has 0 amide bonds. The number of carbonyl (C=O) groups excluding carboxylic acids is 1. The van der Waals surface area contributed by atoms with Crippen molar-refractivity contribution in [1.82, 2.24) is 0 Å². The molecule has 1 heterocycles. The lowest BCUT2D eigenvalue weighted by atomic mass is 10.2. The van der Waals surface area contributed by atoms with E-state index in [1.54, 1.807) is 6.92 Å². The van der Waals surface area contributed by atoms with Gasteiger partial charge in [0.25, 0.3) is 0 Å². The molecular formula is C15H12F2N2O2S2. The van der Waals surface area contributed by atoms with Crippen LogP contribution >= 0.6 is 23.1 Å². The molecule has 0 aliphatic heterocycles. The van der Waals surface area contributed by atoms with Gasteiger partial charge in [-0.25, -0.2) is 13.6 Å². The van der Waals surface area contributed by atoms with Crippen LogP contribution in [-0.4, -0.2) is 12.6 Å². The number of rotatable bonds is 5. The number of carbonyl (C=O) groups is 1. The Hall–Kier alpha value is -2.11. The molecular weight excluding hydrogens is 342 g/mol. The molecule has 0 unspecified atom stereocenters. The van der Waals surface area contributed by atoms with Crippen LogP contribution in [0.15, 0.2) is 23.1 Å². The lowest BCUT2D eigenvalue weighted by molar-refractivity contribution is 0.0531. The lowest BCUT2D eigenvalue weighted by Gasteiger charge is -2.06. The summed E-state index contributed by atoms with van der Waals surface area (Å²) in [6.07, 6.45) is 0. The van der Waals surface area contributed by atoms with E-state index in [0.717, 1.165) is 35.2 Å². The largest absolute Gasteiger partial charge is 0.462 e. The van der Waals surface area contributed by atoms with Crippen molar-refractivity contribution >= 4 is 34.1 Å². The molecule has 0 fully saturated rings. The second kappa shape index (κ2) is 7.44. The molecule has 0 spiro atoms. The topological polar surface area (TPSA) is 76.1 Å². The normalized spacial score (nSPS) is 10.3. The average molecular weight is 354 g/mol. The van der Waals surface area contributed by atoms with Crippen LogP contribution in [-0.2, 0) is 10.5 Å². The molecule has 0 aliphatic carbocycles. The van der Waals surface area contributed by atoms with Crippen molar-refractivity contribution in [2.24, 2.45) is 0 Å². The fraction of sp³-hybridized carbons (Fsp3) is 0.200. The fourth-order valence-corrected chi connectivity index (χ4v) is 3.82. The number of nitrogens with two attached hydrogens (primary N) is 1. The van der Waals surface area contributed by atoms with Crippen LogP contribution in [0.2, 0.25) is 0 Å². The maximum atomic E-state index is 13.7. The van der Waals surface area contributed by atoms with Crippen molar-refractivity contribution < 1.29 is 18.3 Å². The van der Waals surface area contributed by atoms with Gasteiger partial charge in [-0.05, 0) is 19.1 Å². The minimum atomic E-state index is -0.700. The van der Waals surface area contributed by atoms with Crippen molar-refractivity contribution in [3.05, 3.63) is 45.8 Å². The number of thioether (sulfide) groups is 1. The Balaban J connectivity index is 2.31. The number of nitrogen functional groups attached to an aromatic ring is 1. The van der Waals surface area contributed by atoms with Gasteiger partial charge in [-0.3, -0.25) is 0 Å². The molecule has 1 aromatic heterocycles. The van der Waals surface area contributed by atoms with Crippen LogP contribution in [0.1, 0.15) is 27.7 Å². The molecule has 0 saturated heterocycles. The highest BCUT2D eigenvalue weighted by atomic mass is 32.2. The van der Waals surface area contributed by atoms with Crippen LogP contribution in [0.4, 0.5) is 13.8 Å². The molecule has 0 bridgehead atoms. The predicted octanol–water partition coefficient (Wildman–Crippen LogP) is 3.95. The monoisotopic (exact) mass is 354 g/mol. The predicted molar refractivity (Wildman–Crippen MR) is 85.3 cm³/mol. The quantitative estimate of drug-likeness (QED) is 0.650. The highest BCUT2D eigenvalue weighted by Crippen LogP contribution is 2.36. The summed E-state index contributed by atoms with van der Waals surface area (Å²) in [6, 6.07) is 5.18. The van der Waals surface area contributed by atoms with Crippen molar-refractivity contribution in [3.8, 4) is 6.07 Å². The molecule has 8 heteroatoms. The average Bonchev–Trinajstić information content (AvgIpc) is 2.82. The van der Waals surface area contributed by atoms with E-state index in [1.807, 2.05) is 6.07 Å². The lowest BCUT2D eigenvalue weighted by Crippen LogP contribution is -2.05. The first kappa shape index (κ1) is 17.2. The van der Waals surface area contributed by atoms with Gasteiger partial charge in [-0.1, -0.05) is 0 Å². The van der Waals surface area contributed by atoms with Gasteiger partial charge < -0.3 is 10.5 Å². The van der Waals surface area contributed by atoms with Crippen LogP contribution < -0.4 is 5.73 Å². The van der Waals surface area contributed by atoms with Gasteiger partial charge in [-0.15, -0.1) is 23.1 Å². The van der Waals surface area contributed by atoms with Crippen LogP contribution in [0.5, 0.6) is 0 Å². The van der Waals surface area contributed by atoms with Crippen molar-refractivity contribution in [1.29, 1.82) is 5.26 Å². The van der Waals surface area contributed by atoms with Gasteiger partial charge in [0.15, 0.2) is 0 Å². The number of halogens is 2. The van der Waals surface area contributed by atoms with E-state index in [0.29, 0.717) is 5.56 Å². The van der Waals surface area contributed by atoms with Crippen LogP contribution in [0, 0.1) is 23.0 Å². The molecule has 0 saturated carbocycles. The fourth-order valence-electron chi connectivity index (χ4n) is 1.85. The van der Waals surface area contributed by atoms with E-state index in [4.69, 9.17) is 10.5 Å². The number of benzene rings is 1. The Labute approximate surface area is 139 Å². The summed E-state index contributed by atoms with van der Waals surface area (Å²) in [4.78, 5) is 12.4. The van der Waals surface area contributed by atoms with Gasteiger partial charge in [0.1, 0.15) is 27.6 Å². The number of anilines is 1. The number of hydrogen-bond acceptors (Lipinski definition) is 6. The van der Waals surface area contributed by atoms with Crippen molar-refractivity contribution in [2.75, 3.05) is 12.3 Å². The SMILES string of the molecule is CCOC(=O)c1sc(N)c(C#N)c1CSc1ccc(F)cc1F. The smallest absolute Gasteiger partial charge is 0.348 e. The highest BCUT2D eigenvalue weighted by molar-refractivity contribution is 7.98. The third-order valence-electron chi connectivity index (χ3n) is 2.87. The first-order valence-electron chi connectivity index (χ1n) is 6.54. The molecule has 1 aromatic carbocycles. The zero-order chi connectivity index (χ0) is 17.0. The van der Waals surface area contributed by atoms with E-state index in [1.165, 1.54) is 6.07 Å². The maximum absolute atomic E-state index is 13.7. The Morgan fingerprint density at radius 3 is 2.83 bits per heavy atom. The molecule has 4 nitrogen and oxygen atoms in total. The van der Waals surface area contributed by atoms with Crippen LogP contribution in [0.25, 0.3) is 0 Å². The maximum Gasteiger partial charge on any atom is 0.348 e. The molecule has 23 heavy (non-hydrogen) atoms. The van der Waals surface area contributed by atoms with Gasteiger partial charge in [0.05, 0.1) is 12.2 Å². The third-order valence-corrected chi connectivity index (χ3v) is 4.99. The van der Waals surface area contributed by atoms with Gasteiger partial charge in [0.2, 0.25) is 0 Å². The van der Waals surface area contributed by atoms with E-state index in [2.05, 4.69) is 0 Å². The minimum absolute atomic E-state index is 0.146. The molecule has 2 aromatic rings. The molecule has 2 N–H and O–H groups in total. The molecule has 0 atom stereocenters. The Bertz CT molecular complexity index is 785. The summed E-state index contributed by atoms with van der Waals surface area (Å²) in [5.74, 6) is -1.79. The second-order valence-corrected chi connectivity index (χ2v) is 6.41. The summed E-state index contributed by atoms with van der Waals surface area (Å²) in [6.45, 7) is 1.86. The number of thiophene rings is 1. The summed E-state index contributed by atoms with van der Waals surface area (Å²) >= 11 is 2.02. The van der Waals surface area contributed by atoms with E-state index < -0.39 is 17.6 Å². The summed E-state index contributed by atoms with van der Waals surface area (Å²) in [7, 11) is 0. The minimum Gasteiger partial charge on any atom is -0.462 e. The van der Waals surface area contributed by atoms with Gasteiger partial charge in [-0.2, -0.15) is 5.26 Å². The number of ether oxygens (including phenoxy) is 1. The first-order valence-corrected chi connectivity index (χ1v) is 8.34. The molecule has 2 rings (SSSR count). The van der Waals surface area contributed by atoms with Gasteiger partial charge in [0, 0.05) is 22.3 Å². The second-order valence-electron chi connectivity index (χ2n) is 4.34. The Kier molecular flexibility index (Phi) is 5.58. The van der Waals surface area contributed by atoms with E-state index >= 15 is 0 Å². The molecule has 0 aliphatic rings. The van der Waals surface area contributed by atoms with Crippen molar-refractivity contribution in [3.63, 3.8) is 0 Å². The Morgan fingerprint density at radius 1 is 1.48 bits per heavy atom. The zero-order valence-corrected chi connectivity index (χ0v) is 13.7. The first-order chi connectivity index (χ1) is 11.0. The Morgan fingerprint density at radius 2 is 2.22 bits per heavy atom. The number of nitrogens with zero attached hydrogens (tertiary/aromatic N) is 1. The van der Waals surface area contributed by atoms with E-state index in [-0.39, 0.29) is 32.7 Å². The molecule has 120 valence electrons. The van der Waals surface area contributed by atoms with Gasteiger partial charge >= 0.3 is 5.97 Å². The highest BCUT2D eigenvalue weighted by Gasteiger charge is 2.23. The standard InChI is InChI=1S/C15H12F2N2O2S2/c1-2-21-15(20)13-10(9(6-18)14(19)23-13)7-22-12-4-3-8(16)5-11(12)17/h3-5H,2,7,19H2,1H3. The zero-order valence-electron chi connectivity index (χ0n) is 12.1.